The van der Waals surface area contributed by atoms with Crippen LogP contribution in [0.4, 0.5) is 5.95 Å². The molecular formula is C25H19Cl2N5O2. The summed E-state index contributed by atoms with van der Waals surface area (Å²) in [5, 5.41) is 27.0. The van der Waals surface area contributed by atoms with Crippen molar-refractivity contribution in [3.05, 3.63) is 98.5 Å². The number of tetrazole rings is 1. The van der Waals surface area contributed by atoms with Gasteiger partial charge in [-0.1, -0.05) is 52.6 Å². The first kappa shape index (κ1) is 22.1. The number of halogens is 2. The van der Waals surface area contributed by atoms with E-state index < -0.39 is 0 Å². The van der Waals surface area contributed by atoms with Crippen molar-refractivity contribution in [1.29, 1.82) is 0 Å². The number of hydrogen-bond donors (Lipinski definition) is 3. The molecular weight excluding hydrogens is 473 g/mol. The summed E-state index contributed by atoms with van der Waals surface area (Å²) >= 11 is 12.8. The predicted octanol–water partition coefficient (Wildman–Crippen LogP) is 5.76. The first-order chi connectivity index (χ1) is 16.5. The minimum atomic E-state index is -0.315. The zero-order chi connectivity index (χ0) is 23.7. The second-order valence-corrected chi connectivity index (χ2v) is 8.78. The van der Waals surface area contributed by atoms with Gasteiger partial charge in [-0.25, -0.2) is 0 Å². The summed E-state index contributed by atoms with van der Waals surface area (Å²) in [6, 6.07) is 18.3. The fourth-order valence-corrected chi connectivity index (χ4v) is 4.80. The number of aromatic nitrogens is 4. The number of phenolic OH excluding ortho intramolecular Hbond substituents is 1. The molecule has 170 valence electrons. The maximum absolute atomic E-state index is 12.7. The average Bonchev–Trinajstić information content (AvgIpc) is 3.26. The second-order valence-electron chi connectivity index (χ2n) is 7.94. The lowest BCUT2D eigenvalue weighted by Gasteiger charge is -2.18. The highest BCUT2D eigenvalue weighted by Gasteiger charge is 2.23. The lowest BCUT2D eigenvalue weighted by atomic mass is 9.87. The van der Waals surface area contributed by atoms with Crippen LogP contribution in [0.15, 0.2) is 60.7 Å². The monoisotopic (exact) mass is 491 g/mol. The second kappa shape index (κ2) is 9.29. The molecule has 0 unspecified atom stereocenters. The standard InChI is InChI=1S/C25H19Cl2N5O2/c26-17-7-11-20(22(27)13-17)21-3-1-2-15-12-16(24(34)28-25-29-31-32-30-25)6-10-19(15)23(21)14-4-8-18(33)9-5-14/h4-13,33H,1-3H2,(H2,28,29,30,31,32,34). The van der Waals surface area contributed by atoms with E-state index in [0.717, 1.165) is 52.7 Å². The molecule has 0 spiro atoms. The summed E-state index contributed by atoms with van der Waals surface area (Å²) < 4.78 is 0. The number of carbonyl (C=O) groups excluding carboxylic acids is 1. The molecule has 34 heavy (non-hydrogen) atoms. The van der Waals surface area contributed by atoms with Crippen molar-refractivity contribution >= 4 is 46.2 Å². The topological polar surface area (TPSA) is 104 Å². The number of anilines is 1. The van der Waals surface area contributed by atoms with Crippen molar-refractivity contribution in [2.75, 3.05) is 5.32 Å². The smallest absolute Gasteiger partial charge is 0.270 e. The molecule has 4 aromatic rings. The van der Waals surface area contributed by atoms with Gasteiger partial charge in [-0.15, -0.1) is 5.10 Å². The number of carbonyl (C=O) groups is 1. The van der Waals surface area contributed by atoms with Crippen molar-refractivity contribution < 1.29 is 9.90 Å². The molecule has 0 fully saturated rings. The maximum Gasteiger partial charge on any atom is 0.270 e. The summed E-state index contributed by atoms with van der Waals surface area (Å²) in [6.07, 6.45) is 2.45. The van der Waals surface area contributed by atoms with Crippen LogP contribution in [0.5, 0.6) is 5.75 Å². The molecule has 1 aliphatic carbocycles. The third kappa shape index (κ3) is 4.40. The SMILES string of the molecule is O=C(Nc1nn[nH]n1)c1ccc2c(c1)CCCC(c1ccc(Cl)cc1Cl)=C2c1ccc(O)cc1. The molecule has 3 aromatic carbocycles. The van der Waals surface area contributed by atoms with Crippen LogP contribution in [0.25, 0.3) is 11.1 Å². The van der Waals surface area contributed by atoms with E-state index in [-0.39, 0.29) is 17.6 Å². The van der Waals surface area contributed by atoms with E-state index in [1.165, 1.54) is 0 Å². The van der Waals surface area contributed by atoms with Gasteiger partial charge in [0.1, 0.15) is 5.75 Å². The van der Waals surface area contributed by atoms with Crippen LogP contribution in [0.3, 0.4) is 0 Å². The summed E-state index contributed by atoms with van der Waals surface area (Å²) in [7, 11) is 0. The first-order valence-corrected chi connectivity index (χ1v) is 11.4. The molecule has 0 bridgehead atoms. The number of rotatable bonds is 4. The van der Waals surface area contributed by atoms with Crippen LogP contribution in [0.1, 0.15) is 45.5 Å². The van der Waals surface area contributed by atoms with E-state index in [9.17, 15) is 9.90 Å². The molecule has 0 saturated heterocycles. The molecule has 0 saturated carbocycles. The van der Waals surface area contributed by atoms with Crippen LogP contribution in [-0.4, -0.2) is 31.6 Å². The zero-order valence-electron chi connectivity index (χ0n) is 17.8. The van der Waals surface area contributed by atoms with Crippen molar-refractivity contribution in [3.8, 4) is 5.75 Å². The highest BCUT2D eigenvalue weighted by Crippen LogP contribution is 2.42. The molecule has 0 aliphatic heterocycles. The number of aryl methyl sites for hydroxylation is 1. The molecule has 7 nitrogen and oxygen atoms in total. The number of allylic oxidation sites excluding steroid dienone is 1. The number of amides is 1. The van der Waals surface area contributed by atoms with Crippen LogP contribution in [0.2, 0.25) is 10.0 Å². The molecule has 1 aliphatic rings. The Morgan fingerprint density at radius 1 is 0.971 bits per heavy atom. The highest BCUT2D eigenvalue weighted by atomic mass is 35.5. The van der Waals surface area contributed by atoms with Crippen molar-refractivity contribution in [2.24, 2.45) is 0 Å². The molecule has 5 rings (SSSR count). The van der Waals surface area contributed by atoms with Crippen LogP contribution in [-0.2, 0) is 6.42 Å². The van der Waals surface area contributed by atoms with Crippen molar-refractivity contribution in [1.82, 2.24) is 20.6 Å². The molecule has 0 atom stereocenters. The van der Waals surface area contributed by atoms with Gasteiger partial charge in [-0.05, 0) is 94.3 Å². The minimum Gasteiger partial charge on any atom is -0.508 e. The number of benzene rings is 3. The molecule has 9 heteroatoms. The van der Waals surface area contributed by atoms with E-state index in [0.29, 0.717) is 15.6 Å². The molecule has 0 radical (unpaired) electrons. The largest absolute Gasteiger partial charge is 0.508 e. The van der Waals surface area contributed by atoms with E-state index in [4.69, 9.17) is 23.2 Å². The number of phenols is 1. The highest BCUT2D eigenvalue weighted by molar-refractivity contribution is 6.36. The van der Waals surface area contributed by atoms with E-state index in [2.05, 4.69) is 25.9 Å². The average molecular weight is 492 g/mol. The normalized spacial score (nSPS) is 13.4. The minimum absolute atomic E-state index is 0.115. The third-order valence-corrected chi connectivity index (χ3v) is 6.34. The lowest BCUT2D eigenvalue weighted by molar-refractivity contribution is 0.102. The van der Waals surface area contributed by atoms with Crippen molar-refractivity contribution in [3.63, 3.8) is 0 Å². The Kier molecular flexibility index (Phi) is 6.04. The number of aromatic hydroxyl groups is 1. The lowest BCUT2D eigenvalue weighted by Crippen LogP contribution is -2.13. The van der Waals surface area contributed by atoms with Gasteiger partial charge in [0.2, 0.25) is 0 Å². The molecule has 3 N–H and O–H groups in total. The number of aromatic amines is 1. The van der Waals surface area contributed by atoms with Gasteiger partial charge < -0.3 is 5.11 Å². The Hall–Kier alpha value is -3.68. The van der Waals surface area contributed by atoms with Crippen LogP contribution >= 0.6 is 23.2 Å². The van der Waals surface area contributed by atoms with E-state index in [1.807, 2.05) is 36.4 Å². The Morgan fingerprint density at radius 2 is 1.76 bits per heavy atom. The summed E-state index contributed by atoms with van der Waals surface area (Å²) in [4.78, 5) is 12.7. The van der Waals surface area contributed by atoms with E-state index >= 15 is 0 Å². The zero-order valence-corrected chi connectivity index (χ0v) is 19.4. The molecule has 1 amide bonds. The summed E-state index contributed by atoms with van der Waals surface area (Å²) in [5.74, 6) is -0.00776. The maximum atomic E-state index is 12.7. The summed E-state index contributed by atoms with van der Waals surface area (Å²) in [6.45, 7) is 0. The predicted molar refractivity (Wildman–Crippen MR) is 132 cm³/mol. The van der Waals surface area contributed by atoms with Crippen LogP contribution < -0.4 is 5.32 Å². The molecule has 1 heterocycles. The Labute approximate surface area is 205 Å². The van der Waals surface area contributed by atoms with Gasteiger partial charge >= 0.3 is 0 Å². The Morgan fingerprint density at radius 3 is 2.50 bits per heavy atom. The number of nitrogens with one attached hydrogen (secondary N) is 2. The molecule has 1 aromatic heterocycles. The number of fused-ring (bicyclic) bond motifs is 1. The van der Waals surface area contributed by atoms with Crippen molar-refractivity contribution in [2.45, 2.75) is 19.3 Å². The van der Waals surface area contributed by atoms with Gasteiger partial charge in [0, 0.05) is 15.6 Å². The van der Waals surface area contributed by atoms with Gasteiger partial charge in [0.25, 0.3) is 11.9 Å². The summed E-state index contributed by atoms with van der Waals surface area (Å²) in [5.41, 5.74) is 6.54. The van der Waals surface area contributed by atoms with Gasteiger partial charge in [0.05, 0.1) is 0 Å². The van der Waals surface area contributed by atoms with E-state index in [1.54, 1.807) is 24.3 Å². The van der Waals surface area contributed by atoms with Crippen LogP contribution in [0, 0.1) is 0 Å². The quantitative estimate of drug-likeness (QED) is 0.336. The first-order valence-electron chi connectivity index (χ1n) is 10.7. The number of hydrogen-bond acceptors (Lipinski definition) is 5. The number of H-pyrrole nitrogens is 1. The fourth-order valence-electron chi connectivity index (χ4n) is 4.28. The Bertz CT molecular complexity index is 1400. The third-order valence-electron chi connectivity index (χ3n) is 5.79. The Balaban J connectivity index is 1.65. The fraction of sp³-hybridized carbons (Fsp3) is 0.120. The van der Waals surface area contributed by atoms with Gasteiger partial charge in [-0.2, -0.15) is 5.21 Å². The number of nitrogens with zero attached hydrogens (tertiary/aromatic N) is 3. The van der Waals surface area contributed by atoms with Gasteiger partial charge in [0.15, 0.2) is 0 Å². The van der Waals surface area contributed by atoms with Gasteiger partial charge in [-0.3, -0.25) is 10.1 Å².